The van der Waals surface area contributed by atoms with Crippen LogP contribution in [0.3, 0.4) is 0 Å². The van der Waals surface area contributed by atoms with Crippen LogP contribution < -0.4 is 14.8 Å². The van der Waals surface area contributed by atoms with Gasteiger partial charge in [0.1, 0.15) is 11.5 Å². The highest BCUT2D eigenvalue weighted by molar-refractivity contribution is 5.42. The summed E-state index contributed by atoms with van der Waals surface area (Å²) in [5.41, 5.74) is 1.19. The number of hydrogen-bond donors (Lipinski definition) is 1. The summed E-state index contributed by atoms with van der Waals surface area (Å²) < 4.78 is 11.3. The number of rotatable bonds is 6. The third-order valence-corrected chi connectivity index (χ3v) is 3.82. The molecule has 2 rings (SSSR count). The Labute approximate surface area is 109 Å². The Kier molecular flexibility index (Phi) is 4.48. The topological polar surface area (TPSA) is 30.5 Å². The van der Waals surface area contributed by atoms with Gasteiger partial charge in [-0.25, -0.2) is 0 Å². The molecule has 0 aliphatic heterocycles. The molecule has 0 bridgehead atoms. The predicted octanol–water partition coefficient (Wildman–Crippen LogP) is 3.15. The zero-order valence-electron chi connectivity index (χ0n) is 11.5. The molecule has 1 atom stereocenters. The Balaban J connectivity index is 2.11. The Morgan fingerprint density at radius 3 is 2.72 bits per heavy atom. The van der Waals surface area contributed by atoms with Gasteiger partial charge in [-0.2, -0.15) is 0 Å². The highest BCUT2D eigenvalue weighted by atomic mass is 16.5. The molecule has 3 nitrogen and oxygen atoms in total. The maximum atomic E-state index is 5.99. The minimum Gasteiger partial charge on any atom is -0.497 e. The summed E-state index contributed by atoms with van der Waals surface area (Å²) in [6, 6.07) is 6.34. The first-order chi connectivity index (χ1) is 8.74. The molecule has 0 amide bonds. The zero-order valence-corrected chi connectivity index (χ0v) is 11.5. The molecule has 1 fully saturated rings. The summed E-state index contributed by atoms with van der Waals surface area (Å²) in [4.78, 5) is 0. The van der Waals surface area contributed by atoms with E-state index in [1.54, 1.807) is 7.11 Å². The summed E-state index contributed by atoms with van der Waals surface area (Å²) in [7, 11) is 3.65. The van der Waals surface area contributed by atoms with Crippen molar-refractivity contribution in [3.8, 4) is 11.5 Å². The van der Waals surface area contributed by atoms with Crippen molar-refractivity contribution in [3.05, 3.63) is 23.8 Å². The Bertz CT molecular complexity index is 388. The summed E-state index contributed by atoms with van der Waals surface area (Å²) in [5.74, 6) is 2.54. The fourth-order valence-corrected chi connectivity index (χ4v) is 2.15. The highest BCUT2D eigenvalue weighted by Crippen LogP contribution is 2.32. The van der Waals surface area contributed by atoms with Gasteiger partial charge in [-0.05, 0) is 38.8 Å². The van der Waals surface area contributed by atoms with Crippen LogP contribution in [0, 0.1) is 5.92 Å². The SMILES string of the molecule is CNC(C)c1ccc(OC)cc1OCC1CCC1. The van der Waals surface area contributed by atoms with E-state index in [0.717, 1.165) is 24.0 Å². The number of ether oxygens (including phenoxy) is 2. The maximum Gasteiger partial charge on any atom is 0.127 e. The summed E-state index contributed by atoms with van der Waals surface area (Å²) >= 11 is 0. The number of nitrogens with one attached hydrogen (secondary N) is 1. The molecule has 100 valence electrons. The van der Waals surface area contributed by atoms with Crippen LogP contribution in [0.15, 0.2) is 18.2 Å². The lowest BCUT2D eigenvalue weighted by atomic mass is 9.86. The predicted molar refractivity (Wildman–Crippen MR) is 73.3 cm³/mol. The number of hydrogen-bond acceptors (Lipinski definition) is 3. The third-order valence-electron chi connectivity index (χ3n) is 3.82. The van der Waals surface area contributed by atoms with Crippen molar-refractivity contribution >= 4 is 0 Å². The van der Waals surface area contributed by atoms with E-state index in [1.165, 1.54) is 24.8 Å². The Morgan fingerprint density at radius 1 is 1.39 bits per heavy atom. The maximum absolute atomic E-state index is 5.99. The summed E-state index contributed by atoms with van der Waals surface area (Å²) in [6.07, 6.45) is 3.97. The molecule has 18 heavy (non-hydrogen) atoms. The molecule has 0 heterocycles. The van der Waals surface area contributed by atoms with Gasteiger partial charge < -0.3 is 14.8 Å². The van der Waals surface area contributed by atoms with Crippen LogP contribution in [0.1, 0.15) is 37.8 Å². The van der Waals surface area contributed by atoms with Crippen LogP contribution in [0.2, 0.25) is 0 Å². The molecule has 1 aliphatic rings. The van der Waals surface area contributed by atoms with Crippen molar-refractivity contribution in [2.75, 3.05) is 20.8 Å². The Morgan fingerprint density at radius 2 is 2.17 bits per heavy atom. The second-order valence-corrected chi connectivity index (χ2v) is 5.02. The first-order valence-electron chi connectivity index (χ1n) is 6.72. The highest BCUT2D eigenvalue weighted by Gasteiger charge is 2.19. The normalized spacial score (nSPS) is 17.1. The molecule has 1 aromatic carbocycles. The van der Waals surface area contributed by atoms with Crippen LogP contribution in [0.4, 0.5) is 0 Å². The van der Waals surface area contributed by atoms with Gasteiger partial charge >= 0.3 is 0 Å². The smallest absolute Gasteiger partial charge is 0.127 e. The van der Waals surface area contributed by atoms with Gasteiger partial charge in [0, 0.05) is 17.7 Å². The largest absolute Gasteiger partial charge is 0.497 e. The van der Waals surface area contributed by atoms with Gasteiger partial charge in [-0.1, -0.05) is 12.5 Å². The van der Waals surface area contributed by atoms with E-state index in [0.29, 0.717) is 0 Å². The Hall–Kier alpha value is -1.22. The van der Waals surface area contributed by atoms with Gasteiger partial charge in [-0.3, -0.25) is 0 Å². The van der Waals surface area contributed by atoms with Crippen molar-refractivity contribution in [1.82, 2.24) is 5.32 Å². The lowest BCUT2D eigenvalue weighted by Gasteiger charge is -2.26. The molecule has 3 heteroatoms. The molecule has 1 N–H and O–H groups in total. The van der Waals surface area contributed by atoms with E-state index < -0.39 is 0 Å². The standard InChI is InChI=1S/C15H23NO2/c1-11(16-2)14-8-7-13(17-3)9-15(14)18-10-12-5-4-6-12/h7-9,11-12,16H,4-6,10H2,1-3H3. The first kappa shape index (κ1) is 13.2. The lowest BCUT2D eigenvalue weighted by molar-refractivity contribution is 0.178. The van der Waals surface area contributed by atoms with Crippen molar-refractivity contribution in [2.24, 2.45) is 5.92 Å². The molecule has 0 saturated heterocycles. The number of benzene rings is 1. The molecule has 0 aromatic heterocycles. The second-order valence-electron chi connectivity index (χ2n) is 5.02. The van der Waals surface area contributed by atoms with E-state index in [1.807, 2.05) is 19.2 Å². The fourth-order valence-electron chi connectivity index (χ4n) is 2.15. The van der Waals surface area contributed by atoms with Crippen molar-refractivity contribution in [1.29, 1.82) is 0 Å². The summed E-state index contributed by atoms with van der Waals surface area (Å²) in [5, 5.41) is 3.25. The van der Waals surface area contributed by atoms with Crippen LogP contribution in [0.25, 0.3) is 0 Å². The first-order valence-corrected chi connectivity index (χ1v) is 6.72. The van der Waals surface area contributed by atoms with Crippen molar-refractivity contribution < 1.29 is 9.47 Å². The molecule has 1 aliphatic carbocycles. The molecule has 1 unspecified atom stereocenters. The quantitative estimate of drug-likeness (QED) is 0.840. The van der Waals surface area contributed by atoms with E-state index in [2.05, 4.69) is 18.3 Å². The van der Waals surface area contributed by atoms with Gasteiger partial charge in [0.2, 0.25) is 0 Å². The van der Waals surface area contributed by atoms with E-state index in [9.17, 15) is 0 Å². The molecular formula is C15H23NO2. The average molecular weight is 249 g/mol. The minimum absolute atomic E-state index is 0.285. The van der Waals surface area contributed by atoms with E-state index in [4.69, 9.17) is 9.47 Å². The van der Waals surface area contributed by atoms with E-state index in [-0.39, 0.29) is 6.04 Å². The van der Waals surface area contributed by atoms with Gasteiger partial charge in [-0.15, -0.1) is 0 Å². The lowest BCUT2D eigenvalue weighted by Crippen LogP contribution is -2.20. The van der Waals surface area contributed by atoms with Crippen molar-refractivity contribution in [2.45, 2.75) is 32.2 Å². The molecule has 0 radical (unpaired) electrons. The molecule has 0 spiro atoms. The monoisotopic (exact) mass is 249 g/mol. The van der Waals surface area contributed by atoms with Crippen LogP contribution in [-0.4, -0.2) is 20.8 Å². The number of methoxy groups -OCH3 is 1. The van der Waals surface area contributed by atoms with Gasteiger partial charge in [0.15, 0.2) is 0 Å². The zero-order chi connectivity index (χ0) is 13.0. The molecule has 1 saturated carbocycles. The minimum atomic E-state index is 0.285. The van der Waals surface area contributed by atoms with Gasteiger partial charge in [0.25, 0.3) is 0 Å². The third kappa shape index (κ3) is 2.96. The molecule has 1 aromatic rings. The van der Waals surface area contributed by atoms with Crippen LogP contribution in [-0.2, 0) is 0 Å². The fraction of sp³-hybridized carbons (Fsp3) is 0.600. The van der Waals surface area contributed by atoms with E-state index >= 15 is 0 Å². The second kappa shape index (κ2) is 6.10. The van der Waals surface area contributed by atoms with Gasteiger partial charge in [0.05, 0.1) is 13.7 Å². The van der Waals surface area contributed by atoms with Crippen molar-refractivity contribution in [3.63, 3.8) is 0 Å². The van der Waals surface area contributed by atoms with Crippen LogP contribution >= 0.6 is 0 Å². The molecular weight excluding hydrogens is 226 g/mol. The average Bonchev–Trinajstić information content (AvgIpc) is 2.35. The van der Waals surface area contributed by atoms with Crippen LogP contribution in [0.5, 0.6) is 11.5 Å². The summed E-state index contributed by atoms with van der Waals surface area (Å²) in [6.45, 7) is 2.97.